The van der Waals surface area contributed by atoms with Crippen LogP contribution in [0, 0.1) is 10.1 Å². The summed E-state index contributed by atoms with van der Waals surface area (Å²) < 4.78 is 5.31. The Morgan fingerprint density at radius 1 is 1.07 bits per heavy atom. The predicted octanol–water partition coefficient (Wildman–Crippen LogP) is 4.00. The van der Waals surface area contributed by atoms with Crippen LogP contribution in [0.15, 0.2) is 60.7 Å². The molecule has 0 fully saturated rings. The Balaban J connectivity index is 1.79. The number of rotatable bonds is 6. The van der Waals surface area contributed by atoms with Crippen molar-refractivity contribution in [1.29, 1.82) is 0 Å². The summed E-state index contributed by atoms with van der Waals surface area (Å²) >= 11 is 0. The molecule has 1 N–H and O–H groups in total. The molecule has 1 amide bonds. The molecule has 3 rings (SSSR count). The van der Waals surface area contributed by atoms with E-state index in [2.05, 4.69) is 5.32 Å². The second-order valence-corrected chi connectivity index (χ2v) is 6.92. The molecule has 1 atom stereocenters. The van der Waals surface area contributed by atoms with Crippen molar-refractivity contribution in [1.82, 2.24) is 0 Å². The maximum absolute atomic E-state index is 12.7. The van der Waals surface area contributed by atoms with E-state index < -0.39 is 22.9 Å². The van der Waals surface area contributed by atoms with Crippen molar-refractivity contribution in [3.8, 4) is 0 Å². The lowest BCUT2D eigenvalue weighted by Crippen LogP contribution is -2.30. The summed E-state index contributed by atoms with van der Waals surface area (Å²) in [6, 6.07) is 17.0. The summed E-state index contributed by atoms with van der Waals surface area (Å²) in [6.45, 7) is 1.45. The first-order valence-electron chi connectivity index (χ1n) is 9.23. The maximum Gasteiger partial charge on any atom is 0.341 e. The Kier molecular flexibility index (Phi) is 5.96. The van der Waals surface area contributed by atoms with Gasteiger partial charge in [0, 0.05) is 37.3 Å². The van der Waals surface area contributed by atoms with Gasteiger partial charge in [0.2, 0.25) is 0 Å². The van der Waals surface area contributed by atoms with Crippen LogP contribution in [0.3, 0.4) is 0 Å². The Hall–Kier alpha value is -3.94. The van der Waals surface area contributed by atoms with Crippen LogP contribution in [0.2, 0.25) is 0 Å². The normalized spacial score (nSPS) is 11.6. The van der Waals surface area contributed by atoms with E-state index in [0.717, 1.165) is 16.8 Å². The highest BCUT2D eigenvalue weighted by Gasteiger charge is 2.24. The number of carbonyl (C=O) groups is 2. The molecule has 0 spiro atoms. The lowest BCUT2D eigenvalue weighted by molar-refractivity contribution is -0.384. The summed E-state index contributed by atoms with van der Waals surface area (Å²) in [4.78, 5) is 37.4. The SMILES string of the molecule is C[C@@H](OC(=O)c1cc([N+](=O)[O-])ccc1N(C)C)C(=O)Nc1cccc2ccccc12. The Labute approximate surface area is 173 Å². The van der Waals surface area contributed by atoms with Crippen molar-refractivity contribution < 1.29 is 19.2 Å². The van der Waals surface area contributed by atoms with Gasteiger partial charge in [0.1, 0.15) is 0 Å². The number of nitro groups is 1. The van der Waals surface area contributed by atoms with Crippen LogP contribution in [0.25, 0.3) is 10.8 Å². The van der Waals surface area contributed by atoms with Crippen LogP contribution in [-0.4, -0.2) is 37.0 Å². The van der Waals surface area contributed by atoms with Crippen molar-refractivity contribution in [2.24, 2.45) is 0 Å². The van der Waals surface area contributed by atoms with Crippen molar-refractivity contribution in [2.75, 3.05) is 24.3 Å². The molecular formula is C22H21N3O5. The topological polar surface area (TPSA) is 102 Å². The molecule has 0 aliphatic heterocycles. The number of amides is 1. The van der Waals surface area contributed by atoms with Crippen LogP contribution < -0.4 is 10.2 Å². The number of ether oxygens (including phenoxy) is 1. The highest BCUT2D eigenvalue weighted by molar-refractivity contribution is 6.05. The molecule has 0 heterocycles. The Bertz CT molecular complexity index is 1120. The number of carbonyl (C=O) groups excluding carboxylic acids is 2. The fourth-order valence-corrected chi connectivity index (χ4v) is 3.04. The quantitative estimate of drug-likeness (QED) is 0.376. The third-order valence-corrected chi connectivity index (χ3v) is 4.59. The summed E-state index contributed by atoms with van der Waals surface area (Å²) in [6.07, 6.45) is -1.11. The lowest BCUT2D eigenvalue weighted by Gasteiger charge is -2.18. The number of non-ortho nitro benzene ring substituents is 1. The minimum absolute atomic E-state index is 0.0130. The van der Waals surface area contributed by atoms with Gasteiger partial charge < -0.3 is 15.0 Å². The van der Waals surface area contributed by atoms with Crippen LogP contribution in [0.1, 0.15) is 17.3 Å². The van der Waals surface area contributed by atoms with Gasteiger partial charge in [-0.2, -0.15) is 0 Å². The van der Waals surface area contributed by atoms with Gasteiger partial charge in [-0.3, -0.25) is 14.9 Å². The molecule has 8 heteroatoms. The molecule has 0 saturated heterocycles. The first-order chi connectivity index (χ1) is 14.3. The van der Waals surface area contributed by atoms with E-state index in [1.54, 1.807) is 25.1 Å². The molecule has 0 aliphatic carbocycles. The van der Waals surface area contributed by atoms with Crippen LogP contribution in [0.5, 0.6) is 0 Å². The van der Waals surface area contributed by atoms with E-state index in [4.69, 9.17) is 4.74 Å². The lowest BCUT2D eigenvalue weighted by atomic mass is 10.1. The number of benzene rings is 3. The summed E-state index contributed by atoms with van der Waals surface area (Å²) in [5.74, 6) is -1.32. The first-order valence-corrected chi connectivity index (χ1v) is 9.23. The van der Waals surface area contributed by atoms with E-state index in [0.29, 0.717) is 11.4 Å². The van der Waals surface area contributed by atoms with Gasteiger partial charge in [0.05, 0.1) is 16.2 Å². The average Bonchev–Trinajstić information content (AvgIpc) is 2.73. The number of fused-ring (bicyclic) bond motifs is 1. The third kappa shape index (κ3) is 4.38. The van der Waals surface area contributed by atoms with E-state index in [1.165, 1.54) is 19.1 Å². The minimum Gasteiger partial charge on any atom is -0.449 e. The highest BCUT2D eigenvalue weighted by atomic mass is 16.6. The number of hydrogen-bond acceptors (Lipinski definition) is 6. The number of nitrogens with zero attached hydrogens (tertiary/aromatic N) is 2. The molecule has 3 aromatic rings. The number of esters is 1. The zero-order chi connectivity index (χ0) is 21.8. The molecule has 0 aromatic heterocycles. The molecule has 154 valence electrons. The molecule has 3 aromatic carbocycles. The standard InChI is InChI=1S/C22H21N3O5/c1-14(21(26)23-19-10-6-8-15-7-4-5-9-17(15)19)30-22(27)18-13-16(25(28)29)11-12-20(18)24(2)3/h4-14H,1-3H3,(H,23,26)/t14-/m1/s1. The Morgan fingerprint density at radius 3 is 2.47 bits per heavy atom. The van der Waals surface area contributed by atoms with Gasteiger partial charge in [-0.25, -0.2) is 4.79 Å². The zero-order valence-corrected chi connectivity index (χ0v) is 16.8. The van der Waals surface area contributed by atoms with Crippen molar-refractivity contribution in [3.63, 3.8) is 0 Å². The summed E-state index contributed by atoms with van der Waals surface area (Å²) in [5.41, 5.74) is 0.831. The maximum atomic E-state index is 12.7. The fraction of sp³-hybridized carbons (Fsp3) is 0.182. The van der Waals surface area contributed by atoms with E-state index in [-0.39, 0.29) is 11.3 Å². The number of nitro benzene ring substituents is 1. The van der Waals surface area contributed by atoms with E-state index in [1.807, 2.05) is 36.4 Å². The molecule has 30 heavy (non-hydrogen) atoms. The van der Waals surface area contributed by atoms with Crippen LogP contribution in [0.4, 0.5) is 17.1 Å². The van der Waals surface area contributed by atoms with E-state index >= 15 is 0 Å². The molecule has 8 nitrogen and oxygen atoms in total. The second kappa shape index (κ2) is 8.60. The van der Waals surface area contributed by atoms with Gasteiger partial charge in [-0.15, -0.1) is 0 Å². The molecule has 0 aliphatic rings. The highest BCUT2D eigenvalue weighted by Crippen LogP contribution is 2.26. The monoisotopic (exact) mass is 407 g/mol. The average molecular weight is 407 g/mol. The van der Waals surface area contributed by atoms with Gasteiger partial charge in [0.25, 0.3) is 11.6 Å². The summed E-state index contributed by atoms with van der Waals surface area (Å²) in [5, 5.41) is 15.7. The first kappa shape index (κ1) is 20.8. The third-order valence-electron chi connectivity index (χ3n) is 4.59. The smallest absolute Gasteiger partial charge is 0.341 e. The van der Waals surface area contributed by atoms with Crippen molar-refractivity contribution in [2.45, 2.75) is 13.0 Å². The van der Waals surface area contributed by atoms with Gasteiger partial charge in [0.15, 0.2) is 6.10 Å². The fourth-order valence-electron chi connectivity index (χ4n) is 3.04. The Morgan fingerprint density at radius 2 is 1.77 bits per heavy atom. The zero-order valence-electron chi connectivity index (χ0n) is 16.8. The largest absolute Gasteiger partial charge is 0.449 e. The number of hydrogen-bond donors (Lipinski definition) is 1. The van der Waals surface area contributed by atoms with Crippen molar-refractivity contribution in [3.05, 3.63) is 76.3 Å². The van der Waals surface area contributed by atoms with Gasteiger partial charge >= 0.3 is 5.97 Å². The van der Waals surface area contributed by atoms with Crippen LogP contribution in [-0.2, 0) is 9.53 Å². The second-order valence-electron chi connectivity index (χ2n) is 6.92. The summed E-state index contributed by atoms with van der Waals surface area (Å²) in [7, 11) is 3.41. The van der Waals surface area contributed by atoms with Gasteiger partial charge in [-0.1, -0.05) is 36.4 Å². The minimum atomic E-state index is -1.11. The molecular weight excluding hydrogens is 386 g/mol. The molecule has 0 saturated carbocycles. The number of anilines is 2. The predicted molar refractivity (Wildman–Crippen MR) is 115 cm³/mol. The molecule has 0 unspecified atom stereocenters. The molecule has 0 bridgehead atoms. The molecule has 0 radical (unpaired) electrons. The van der Waals surface area contributed by atoms with Crippen LogP contribution >= 0.6 is 0 Å². The van der Waals surface area contributed by atoms with E-state index in [9.17, 15) is 19.7 Å². The van der Waals surface area contributed by atoms with Crippen molar-refractivity contribution >= 4 is 39.7 Å². The van der Waals surface area contributed by atoms with Gasteiger partial charge in [-0.05, 0) is 24.4 Å². The number of nitrogens with one attached hydrogen (secondary N) is 1.